The maximum absolute atomic E-state index is 12.3. The Morgan fingerprint density at radius 2 is 2.10 bits per heavy atom. The van der Waals surface area contributed by atoms with E-state index in [4.69, 9.17) is 0 Å². The average molecular weight is 307 g/mol. The highest BCUT2D eigenvalue weighted by molar-refractivity contribution is 5.94. The van der Waals surface area contributed by atoms with E-state index < -0.39 is 0 Å². The van der Waals surface area contributed by atoms with Crippen LogP contribution in [0.5, 0.6) is 0 Å². The summed E-state index contributed by atoms with van der Waals surface area (Å²) in [5.41, 5.74) is 3.41. The Morgan fingerprint density at radius 1 is 1.38 bits per heavy atom. The van der Waals surface area contributed by atoms with Gasteiger partial charge in [-0.3, -0.25) is 9.48 Å². The second-order valence-corrected chi connectivity index (χ2v) is 5.19. The van der Waals surface area contributed by atoms with E-state index in [2.05, 4.69) is 27.9 Å². The number of rotatable bonds is 2. The molecule has 1 aliphatic rings. The number of carbonyl (C=O) groups is 1. The van der Waals surface area contributed by atoms with E-state index in [9.17, 15) is 4.79 Å². The van der Waals surface area contributed by atoms with E-state index in [-0.39, 0.29) is 24.4 Å². The molecule has 3 rings (SSSR count). The molecule has 1 unspecified atom stereocenters. The second kappa shape index (κ2) is 6.28. The zero-order valence-corrected chi connectivity index (χ0v) is 12.9. The number of halogens is 1. The van der Waals surface area contributed by atoms with Gasteiger partial charge < -0.3 is 10.6 Å². The molecule has 21 heavy (non-hydrogen) atoms. The van der Waals surface area contributed by atoms with Gasteiger partial charge in [0.1, 0.15) is 5.82 Å². The topological polar surface area (TPSA) is 59.0 Å². The first-order chi connectivity index (χ1) is 9.63. The predicted octanol–water partition coefficient (Wildman–Crippen LogP) is 1.80. The number of amides is 1. The van der Waals surface area contributed by atoms with Crippen molar-refractivity contribution in [1.29, 1.82) is 0 Å². The van der Waals surface area contributed by atoms with Crippen molar-refractivity contribution < 1.29 is 4.79 Å². The first-order valence-corrected chi connectivity index (χ1v) is 6.75. The van der Waals surface area contributed by atoms with Gasteiger partial charge in [0, 0.05) is 19.7 Å². The van der Waals surface area contributed by atoms with Crippen molar-refractivity contribution in [2.24, 2.45) is 7.05 Å². The van der Waals surface area contributed by atoms with Gasteiger partial charge in [-0.05, 0) is 24.5 Å². The maximum atomic E-state index is 12.3. The molecule has 0 saturated heterocycles. The normalized spacial score (nSPS) is 16.8. The molecule has 1 aromatic heterocycles. The van der Waals surface area contributed by atoms with Crippen LogP contribution in [0.4, 0.5) is 5.82 Å². The fourth-order valence-corrected chi connectivity index (χ4v) is 2.58. The predicted molar refractivity (Wildman–Crippen MR) is 84.6 cm³/mol. The molecule has 0 saturated carbocycles. The van der Waals surface area contributed by atoms with Gasteiger partial charge in [-0.15, -0.1) is 12.4 Å². The number of nitrogens with one attached hydrogen (secondary N) is 2. The monoisotopic (exact) mass is 306 g/mol. The molecule has 0 spiro atoms. The van der Waals surface area contributed by atoms with Crippen molar-refractivity contribution in [3.05, 3.63) is 47.2 Å². The third kappa shape index (κ3) is 3.25. The Labute approximate surface area is 130 Å². The fraction of sp³-hybridized carbons (Fsp3) is 0.333. The smallest absolute Gasteiger partial charge is 0.243 e. The van der Waals surface area contributed by atoms with Crippen molar-refractivity contribution in [3.8, 4) is 0 Å². The Kier molecular flexibility index (Phi) is 4.65. The number of hydrogen-bond acceptors (Lipinski definition) is 3. The minimum atomic E-state index is -0.194. The van der Waals surface area contributed by atoms with E-state index in [1.54, 1.807) is 4.68 Å². The van der Waals surface area contributed by atoms with Crippen LogP contribution in [0.15, 0.2) is 30.3 Å². The molecule has 2 heterocycles. The molecule has 5 nitrogen and oxygen atoms in total. The van der Waals surface area contributed by atoms with E-state index in [1.807, 2.05) is 32.2 Å². The minimum absolute atomic E-state index is 0. The summed E-state index contributed by atoms with van der Waals surface area (Å²) in [6.07, 6.45) is 0.721. The molecule has 2 N–H and O–H groups in total. The Balaban J connectivity index is 0.00000161. The quantitative estimate of drug-likeness (QED) is 0.889. The lowest BCUT2D eigenvalue weighted by Gasteiger charge is -2.25. The molecule has 6 heteroatoms. The van der Waals surface area contributed by atoms with E-state index >= 15 is 0 Å². The standard InChI is InChI=1S/C15H18N4O.ClH/c1-10-7-14(19(2)18-10)17-15(20)13-8-11-5-3-4-6-12(11)9-16-13;/h3-7,13,16H,8-9H2,1-2H3,(H,17,20);1H. The summed E-state index contributed by atoms with van der Waals surface area (Å²) in [4.78, 5) is 12.3. The lowest BCUT2D eigenvalue weighted by molar-refractivity contribution is -0.118. The Hall–Kier alpha value is -1.85. The number of aryl methyl sites for hydroxylation is 2. The molecule has 0 fully saturated rings. The van der Waals surface area contributed by atoms with Crippen LogP contribution in [-0.4, -0.2) is 21.7 Å². The maximum Gasteiger partial charge on any atom is 0.243 e. The number of benzene rings is 1. The summed E-state index contributed by atoms with van der Waals surface area (Å²) in [6, 6.07) is 9.91. The van der Waals surface area contributed by atoms with Crippen molar-refractivity contribution in [2.75, 3.05) is 5.32 Å². The molecule has 1 atom stereocenters. The highest BCUT2D eigenvalue weighted by Gasteiger charge is 2.24. The van der Waals surface area contributed by atoms with Crippen molar-refractivity contribution in [2.45, 2.75) is 25.9 Å². The summed E-state index contributed by atoms with van der Waals surface area (Å²) in [5, 5.41) is 10.4. The average Bonchev–Trinajstić information content (AvgIpc) is 2.76. The van der Waals surface area contributed by atoms with Crippen LogP contribution >= 0.6 is 12.4 Å². The van der Waals surface area contributed by atoms with Gasteiger partial charge in [0.25, 0.3) is 0 Å². The van der Waals surface area contributed by atoms with Crippen LogP contribution in [0.1, 0.15) is 16.8 Å². The molecule has 0 aliphatic carbocycles. The van der Waals surface area contributed by atoms with Gasteiger partial charge in [0.05, 0.1) is 11.7 Å². The lowest BCUT2D eigenvalue weighted by Crippen LogP contribution is -2.44. The first kappa shape index (κ1) is 15.5. The molecule has 2 aromatic rings. The van der Waals surface area contributed by atoms with E-state index in [0.717, 1.165) is 24.5 Å². The number of aromatic nitrogens is 2. The Bertz CT molecular complexity index is 653. The van der Waals surface area contributed by atoms with Crippen LogP contribution in [0, 0.1) is 6.92 Å². The molecule has 1 aromatic carbocycles. The molecular formula is C15H19ClN4O. The number of fused-ring (bicyclic) bond motifs is 1. The number of carbonyl (C=O) groups excluding carboxylic acids is 1. The fourth-order valence-electron chi connectivity index (χ4n) is 2.58. The zero-order chi connectivity index (χ0) is 14.1. The van der Waals surface area contributed by atoms with Crippen molar-refractivity contribution in [3.63, 3.8) is 0 Å². The molecule has 0 radical (unpaired) electrons. The number of nitrogens with zero attached hydrogens (tertiary/aromatic N) is 2. The second-order valence-electron chi connectivity index (χ2n) is 5.19. The Morgan fingerprint density at radius 3 is 2.76 bits per heavy atom. The largest absolute Gasteiger partial charge is 0.310 e. The molecule has 1 aliphatic heterocycles. The molecular weight excluding hydrogens is 288 g/mol. The van der Waals surface area contributed by atoms with Crippen LogP contribution in [0.25, 0.3) is 0 Å². The van der Waals surface area contributed by atoms with Gasteiger partial charge in [0.2, 0.25) is 5.91 Å². The SMILES string of the molecule is Cc1cc(NC(=O)C2Cc3ccccc3CN2)n(C)n1.Cl. The summed E-state index contributed by atoms with van der Waals surface area (Å²) in [6.45, 7) is 2.64. The highest BCUT2D eigenvalue weighted by Crippen LogP contribution is 2.17. The number of anilines is 1. The minimum Gasteiger partial charge on any atom is -0.310 e. The van der Waals surface area contributed by atoms with Gasteiger partial charge in [-0.1, -0.05) is 24.3 Å². The molecule has 1 amide bonds. The summed E-state index contributed by atoms with van der Waals surface area (Å²) in [5.74, 6) is 0.718. The van der Waals surface area contributed by atoms with Crippen LogP contribution < -0.4 is 10.6 Å². The number of hydrogen-bond donors (Lipinski definition) is 2. The van der Waals surface area contributed by atoms with Crippen molar-refractivity contribution >= 4 is 24.1 Å². The van der Waals surface area contributed by atoms with Crippen LogP contribution in [0.2, 0.25) is 0 Å². The van der Waals surface area contributed by atoms with Gasteiger partial charge in [0.15, 0.2) is 0 Å². The van der Waals surface area contributed by atoms with Gasteiger partial charge in [-0.25, -0.2) is 0 Å². The summed E-state index contributed by atoms with van der Waals surface area (Å²) >= 11 is 0. The third-order valence-corrected chi connectivity index (χ3v) is 3.65. The first-order valence-electron chi connectivity index (χ1n) is 6.75. The molecule has 0 bridgehead atoms. The summed E-state index contributed by atoms with van der Waals surface area (Å²) in [7, 11) is 1.83. The van der Waals surface area contributed by atoms with Crippen molar-refractivity contribution in [1.82, 2.24) is 15.1 Å². The highest BCUT2D eigenvalue weighted by atomic mass is 35.5. The van der Waals surface area contributed by atoms with E-state index in [0.29, 0.717) is 0 Å². The lowest BCUT2D eigenvalue weighted by atomic mass is 9.95. The zero-order valence-electron chi connectivity index (χ0n) is 12.1. The summed E-state index contributed by atoms with van der Waals surface area (Å²) < 4.78 is 1.68. The molecule has 112 valence electrons. The van der Waals surface area contributed by atoms with Crippen LogP contribution in [-0.2, 0) is 24.8 Å². The van der Waals surface area contributed by atoms with Crippen LogP contribution in [0.3, 0.4) is 0 Å². The van der Waals surface area contributed by atoms with Gasteiger partial charge >= 0.3 is 0 Å². The van der Waals surface area contributed by atoms with Gasteiger partial charge in [-0.2, -0.15) is 5.10 Å². The third-order valence-electron chi connectivity index (χ3n) is 3.65. The van der Waals surface area contributed by atoms with E-state index in [1.165, 1.54) is 11.1 Å².